The molecule has 1 heterocycles. The van der Waals surface area contributed by atoms with Crippen molar-refractivity contribution in [3.8, 4) is 17.4 Å². The maximum absolute atomic E-state index is 13.5. The summed E-state index contributed by atoms with van der Waals surface area (Å²) < 4.78 is 24.3. The molecule has 0 bridgehead atoms. The Kier molecular flexibility index (Phi) is 4.22. The number of nitrogens with zero attached hydrogens (tertiary/aromatic N) is 1. The second-order valence-corrected chi connectivity index (χ2v) is 4.62. The van der Waals surface area contributed by atoms with Crippen LogP contribution in [0.5, 0.6) is 17.4 Å². The van der Waals surface area contributed by atoms with Gasteiger partial charge in [-0.05, 0) is 44.2 Å². The van der Waals surface area contributed by atoms with Crippen molar-refractivity contribution in [3.05, 3.63) is 47.4 Å². The van der Waals surface area contributed by atoms with E-state index in [4.69, 9.17) is 21.1 Å². The lowest BCUT2D eigenvalue weighted by molar-refractivity contribution is 0.242. The van der Waals surface area contributed by atoms with Crippen LogP contribution in [0.2, 0.25) is 5.02 Å². The summed E-state index contributed by atoms with van der Waals surface area (Å²) >= 11 is 5.61. The molecule has 3 nitrogen and oxygen atoms in total. The van der Waals surface area contributed by atoms with Gasteiger partial charge in [-0.3, -0.25) is 0 Å². The molecule has 19 heavy (non-hydrogen) atoms. The number of pyridine rings is 1. The molecule has 1 aromatic heterocycles. The molecule has 2 rings (SSSR count). The highest BCUT2D eigenvalue weighted by Gasteiger charge is 2.07. The number of hydrogen-bond acceptors (Lipinski definition) is 3. The number of hydrogen-bond donors (Lipinski definition) is 0. The monoisotopic (exact) mass is 281 g/mol. The van der Waals surface area contributed by atoms with Gasteiger partial charge in [0.05, 0.1) is 11.1 Å². The lowest BCUT2D eigenvalue weighted by Gasteiger charge is -2.10. The molecule has 0 atom stereocenters. The maximum atomic E-state index is 13.5. The van der Waals surface area contributed by atoms with Crippen molar-refractivity contribution in [1.29, 1.82) is 0 Å². The van der Waals surface area contributed by atoms with E-state index in [1.165, 1.54) is 6.20 Å². The smallest absolute Gasteiger partial charge is 0.255 e. The molecule has 1 aromatic carbocycles. The summed E-state index contributed by atoms with van der Waals surface area (Å²) in [7, 11) is 0. The van der Waals surface area contributed by atoms with Gasteiger partial charge in [-0.25, -0.2) is 9.37 Å². The van der Waals surface area contributed by atoms with Crippen molar-refractivity contribution in [2.24, 2.45) is 0 Å². The molecule has 0 radical (unpaired) electrons. The number of benzene rings is 1. The number of halogens is 2. The number of ether oxygens (including phenoxy) is 2. The molecule has 0 aliphatic heterocycles. The van der Waals surface area contributed by atoms with Crippen LogP contribution in [0.3, 0.4) is 0 Å². The normalized spacial score (nSPS) is 10.6. The zero-order chi connectivity index (χ0) is 13.8. The fourth-order valence-corrected chi connectivity index (χ4v) is 1.59. The van der Waals surface area contributed by atoms with Crippen LogP contribution in [0.15, 0.2) is 36.5 Å². The predicted molar refractivity (Wildman–Crippen MR) is 71.5 cm³/mol. The van der Waals surface area contributed by atoms with Gasteiger partial charge in [-0.15, -0.1) is 0 Å². The fourth-order valence-electron chi connectivity index (χ4n) is 1.45. The van der Waals surface area contributed by atoms with Crippen LogP contribution in [0.25, 0.3) is 0 Å². The molecule has 0 amide bonds. The molecular weight excluding hydrogens is 269 g/mol. The molecule has 0 N–H and O–H groups in total. The van der Waals surface area contributed by atoms with Gasteiger partial charge in [0.15, 0.2) is 5.82 Å². The predicted octanol–water partition coefficient (Wildman–Crippen LogP) is 4.45. The summed E-state index contributed by atoms with van der Waals surface area (Å²) in [5, 5.41) is 0.227. The number of rotatable bonds is 4. The molecule has 0 fully saturated rings. The van der Waals surface area contributed by atoms with Crippen molar-refractivity contribution < 1.29 is 13.9 Å². The molecule has 0 aliphatic rings. The van der Waals surface area contributed by atoms with Crippen molar-refractivity contribution in [2.45, 2.75) is 20.0 Å². The van der Waals surface area contributed by atoms with Gasteiger partial charge in [0.1, 0.15) is 11.5 Å². The van der Waals surface area contributed by atoms with Crippen LogP contribution in [0.4, 0.5) is 4.39 Å². The lowest BCUT2D eigenvalue weighted by Crippen LogP contribution is -2.05. The van der Waals surface area contributed by atoms with E-state index in [-0.39, 0.29) is 17.0 Å². The minimum Gasteiger partial charge on any atom is -0.491 e. The molecule has 2 aromatic rings. The SMILES string of the molecule is CC(C)Oc1ccc(Oc2ncc(Cl)cc2F)cc1. The van der Waals surface area contributed by atoms with E-state index < -0.39 is 5.82 Å². The number of aromatic nitrogens is 1. The summed E-state index contributed by atoms with van der Waals surface area (Å²) in [6.45, 7) is 3.88. The highest BCUT2D eigenvalue weighted by molar-refractivity contribution is 6.30. The second kappa shape index (κ2) is 5.89. The first kappa shape index (κ1) is 13.6. The zero-order valence-electron chi connectivity index (χ0n) is 10.6. The summed E-state index contributed by atoms with van der Waals surface area (Å²) in [6, 6.07) is 8.04. The summed E-state index contributed by atoms with van der Waals surface area (Å²) in [5.41, 5.74) is 0. The van der Waals surface area contributed by atoms with Crippen molar-refractivity contribution in [3.63, 3.8) is 0 Å². The summed E-state index contributed by atoms with van der Waals surface area (Å²) in [6.07, 6.45) is 1.43. The van der Waals surface area contributed by atoms with Gasteiger partial charge in [0.2, 0.25) is 0 Å². The van der Waals surface area contributed by atoms with Crippen LogP contribution in [-0.2, 0) is 0 Å². The third-order valence-electron chi connectivity index (χ3n) is 2.18. The molecule has 0 spiro atoms. The van der Waals surface area contributed by atoms with Crippen LogP contribution in [-0.4, -0.2) is 11.1 Å². The highest BCUT2D eigenvalue weighted by Crippen LogP contribution is 2.25. The van der Waals surface area contributed by atoms with Crippen LogP contribution < -0.4 is 9.47 Å². The van der Waals surface area contributed by atoms with E-state index >= 15 is 0 Å². The van der Waals surface area contributed by atoms with Gasteiger partial charge in [-0.1, -0.05) is 11.6 Å². The quantitative estimate of drug-likeness (QED) is 0.829. The third kappa shape index (κ3) is 3.83. The first-order valence-corrected chi connectivity index (χ1v) is 6.18. The van der Waals surface area contributed by atoms with Gasteiger partial charge in [0.25, 0.3) is 5.88 Å². The minimum absolute atomic E-state index is 0.0992. The third-order valence-corrected chi connectivity index (χ3v) is 2.39. The Bertz CT molecular complexity index is 558. The molecule has 0 aliphatic carbocycles. The van der Waals surface area contributed by atoms with Crippen LogP contribution in [0.1, 0.15) is 13.8 Å². The maximum Gasteiger partial charge on any atom is 0.255 e. The van der Waals surface area contributed by atoms with Crippen LogP contribution in [0, 0.1) is 5.82 Å². The molecule has 100 valence electrons. The van der Waals surface area contributed by atoms with E-state index in [2.05, 4.69) is 4.98 Å². The molecule has 5 heteroatoms. The standard InChI is InChI=1S/C14H13ClFNO2/c1-9(2)18-11-3-5-12(6-4-11)19-14-13(16)7-10(15)8-17-14/h3-9H,1-2H3. The van der Waals surface area contributed by atoms with Gasteiger partial charge in [-0.2, -0.15) is 0 Å². The van der Waals surface area contributed by atoms with E-state index in [9.17, 15) is 4.39 Å². The first-order valence-electron chi connectivity index (χ1n) is 5.80. The Balaban J connectivity index is 2.10. The van der Waals surface area contributed by atoms with Crippen molar-refractivity contribution in [1.82, 2.24) is 4.98 Å². The van der Waals surface area contributed by atoms with E-state index in [1.807, 2.05) is 13.8 Å². The van der Waals surface area contributed by atoms with Crippen molar-refractivity contribution in [2.75, 3.05) is 0 Å². The Morgan fingerprint density at radius 2 is 1.79 bits per heavy atom. The molecule has 0 unspecified atom stereocenters. The Morgan fingerprint density at radius 3 is 2.37 bits per heavy atom. The Labute approximate surface area is 115 Å². The highest BCUT2D eigenvalue weighted by atomic mass is 35.5. The van der Waals surface area contributed by atoms with Gasteiger partial charge >= 0.3 is 0 Å². The lowest BCUT2D eigenvalue weighted by atomic mass is 10.3. The molecular formula is C14H13ClFNO2. The fraction of sp³-hybridized carbons (Fsp3) is 0.214. The Hall–Kier alpha value is -1.81. The van der Waals surface area contributed by atoms with Gasteiger partial charge in [0, 0.05) is 6.20 Å². The average Bonchev–Trinajstić information content (AvgIpc) is 2.34. The second-order valence-electron chi connectivity index (χ2n) is 4.18. The largest absolute Gasteiger partial charge is 0.491 e. The topological polar surface area (TPSA) is 31.4 Å². The average molecular weight is 282 g/mol. The Morgan fingerprint density at radius 1 is 1.16 bits per heavy atom. The van der Waals surface area contributed by atoms with Gasteiger partial charge < -0.3 is 9.47 Å². The van der Waals surface area contributed by atoms with E-state index in [0.717, 1.165) is 11.8 Å². The van der Waals surface area contributed by atoms with E-state index in [1.54, 1.807) is 24.3 Å². The minimum atomic E-state index is -0.602. The zero-order valence-corrected chi connectivity index (χ0v) is 11.3. The summed E-state index contributed by atoms with van der Waals surface area (Å²) in [4.78, 5) is 3.78. The summed E-state index contributed by atoms with van der Waals surface area (Å²) in [5.74, 6) is 0.494. The van der Waals surface area contributed by atoms with E-state index in [0.29, 0.717) is 5.75 Å². The molecule has 0 saturated heterocycles. The van der Waals surface area contributed by atoms with Crippen LogP contribution >= 0.6 is 11.6 Å². The first-order chi connectivity index (χ1) is 9.04. The molecule has 0 saturated carbocycles. The van der Waals surface area contributed by atoms with Crippen molar-refractivity contribution >= 4 is 11.6 Å².